The predicted molar refractivity (Wildman–Crippen MR) is 65.9 cm³/mol. The molecule has 1 aromatic rings. The minimum absolute atomic E-state index is 0.262. The third kappa shape index (κ3) is 4.33. The van der Waals surface area contributed by atoms with Gasteiger partial charge in [-0.05, 0) is 13.8 Å². The third-order valence-corrected chi connectivity index (χ3v) is 2.37. The molecule has 0 aliphatic carbocycles. The summed E-state index contributed by atoms with van der Waals surface area (Å²) in [6.07, 6.45) is 3.69. The van der Waals surface area contributed by atoms with Crippen molar-refractivity contribution in [2.45, 2.75) is 25.8 Å². The second-order valence-corrected chi connectivity index (χ2v) is 4.11. The van der Waals surface area contributed by atoms with Gasteiger partial charge in [-0.1, -0.05) is 0 Å². The van der Waals surface area contributed by atoms with Gasteiger partial charge >= 0.3 is 0 Å². The van der Waals surface area contributed by atoms with Crippen LogP contribution in [0.5, 0.6) is 0 Å². The molecule has 0 radical (unpaired) electrons. The Morgan fingerprint density at radius 2 is 2.12 bits per heavy atom. The third-order valence-electron chi connectivity index (χ3n) is 2.10. The Bertz CT molecular complexity index is 303. The minimum Gasteiger partial charge on any atom is -0.377 e. The molecule has 0 bridgehead atoms. The summed E-state index contributed by atoms with van der Waals surface area (Å²) >= 11 is 5.64. The summed E-state index contributed by atoms with van der Waals surface area (Å²) in [4.78, 5) is 10.5. The summed E-state index contributed by atoms with van der Waals surface area (Å²) in [5.74, 6) is 1.23. The van der Waals surface area contributed by atoms with Crippen LogP contribution in [0.2, 0.25) is 0 Å². The highest BCUT2D eigenvalue weighted by molar-refractivity contribution is 6.16. The van der Waals surface area contributed by atoms with Gasteiger partial charge in [0.05, 0.1) is 36.7 Å². The molecule has 1 heterocycles. The van der Waals surface area contributed by atoms with E-state index in [-0.39, 0.29) is 6.10 Å². The molecule has 4 nitrogen and oxygen atoms in total. The van der Waals surface area contributed by atoms with Crippen molar-refractivity contribution in [1.29, 1.82) is 0 Å². The van der Waals surface area contributed by atoms with Crippen LogP contribution in [0.4, 0.5) is 5.82 Å². The number of nitrogens with zero attached hydrogens (tertiary/aromatic N) is 3. The Kier molecular flexibility index (Phi) is 5.49. The Hall–Kier alpha value is -0.870. The first-order valence-electron chi connectivity index (χ1n) is 5.33. The molecular formula is C11H18ClN3O. The number of halogens is 1. The van der Waals surface area contributed by atoms with Crippen LogP contribution in [-0.2, 0) is 10.6 Å². The van der Waals surface area contributed by atoms with Gasteiger partial charge in [0.1, 0.15) is 5.82 Å². The summed E-state index contributed by atoms with van der Waals surface area (Å²) in [5.41, 5.74) is 0.789. The molecule has 0 saturated heterocycles. The summed E-state index contributed by atoms with van der Waals surface area (Å²) in [6, 6.07) is 0. The van der Waals surface area contributed by atoms with Gasteiger partial charge in [-0.25, -0.2) is 4.98 Å². The van der Waals surface area contributed by atoms with Crippen LogP contribution in [0.3, 0.4) is 0 Å². The lowest BCUT2D eigenvalue weighted by atomic mass is 10.4. The Balaban J connectivity index is 2.43. The summed E-state index contributed by atoms with van der Waals surface area (Å²) < 4.78 is 5.47. The van der Waals surface area contributed by atoms with Crippen molar-refractivity contribution in [2.75, 3.05) is 25.1 Å². The lowest BCUT2D eigenvalue weighted by Gasteiger charge is -2.18. The van der Waals surface area contributed by atoms with E-state index in [1.807, 2.05) is 25.8 Å². The number of rotatable bonds is 6. The summed E-state index contributed by atoms with van der Waals surface area (Å²) in [5, 5.41) is 0. The van der Waals surface area contributed by atoms with Gasteiger partial charge in [0.25, 0.3) is 0 Å². The second-order valence-electron chi connectivity index (χ2n) is 3.84. The molecule has 0 spiro atoms. The summed E-state index contributed by atoms with van der Waals surface area (Å²) in [7, 11) is 1.97. The van der Waals surface area contributed by atoms with Gasteiger partial charge < -0.3 is 9.64 Å². The van der Waals surface area contributed by atoms with Gasteiger partial charge in [-0.15, -0.1) is 11.6 Å². The summed E-state index contributed by atoms with van der Waals surface area (Å²) in [6.45, 7) is 5.53. The van der Waals surface area contributed by atoms with Crippen LogP contribution in [-0.4, -0.2) is 36.3 Å². The van der Waals surface area contributed by atoms with Crippen LogP contribution < -0.4 is 4.90 Å². The smallest absolute Gasteiger partial charge is 0.146 e. The lowest BCUT2D eigenvalue weighted by molar-refractivity contribution is 0.0845. The highest BCUT2D eigenvalue weighted by Gasteiger charge is 2.03. The van der Waals surface area contributed by atoms with Crippen LogP contribution in [0, 0.1) is 0 Å². The zero-order valence-corrected chi connectivity index (χ0v) is 10.7. The van der Waals surface area contributed by atoms with Crippen LogP contribution >= 0.6 is 11.6 Å². The number of alkyl halides is 1. The number of hydrogen-bond donors (Lipinski definition) is 0. The molecule has 0 aromatic carbocycles. The first-order chi connectivity index (χ1) is 7.63. The molecule has 0 fully saturated rings. The maximum atomic E-state index is 5.64. The van der Waals surface area contributed by atoms with Crippen molar-refractivity contribution in [3.8, 4) is 0 Å². The van der Waals surface area contributed by atoms with Crippen molar-refractivity contribution >= 4 is 17.4 Å². The van der Waals surface area contributed by atoms with Gasteiger partial charge in [0, 0.05) is 13.6 Å². The van der Waals surface area contributed by atoms with Gasteiger partial charge in [0.2, 0.25) is 0 Å². The number of aromatic nitrogens is 2. The number of hydrogen-bond acceptors (Lipinski definition) is 4. The van der Waals surface area contributed by atoms with Crippen molar-refractivity contribution < 1.29 is 4.74 Å². The molecule has 0 unspecified atom stereocenters. The van der Waals surface area contributed by atoms with E-state index < -0.39 is 0 Å². The molecule has 1 rings (SSSR count). The normalized spacial score (nSPS) is 10.8. The quantitative estimate of drug-likeness (QED) is 0.717. The predicted octanol–water partition coefficient (Wildman–Crippen LogP) is 2.08. The van der Waals surface area contributed by atoms with E-state index in [9.17, 15) is 0 Å². The van der Waals surface area contributed by atoms with Crippen LogP contribution in [0.15, 0.2) is 12.4 Å². The molecule has 5 heteroatoms. The molecular weight excluding hydrogens is 226 g/mol. The Labute approximate surface area is 102 Å². The second kappa shape index (κ2) is 6.66. The fourth-order valence-electron chi connectivity index (χ4n) is 1.15. The SMILES string of the molecule is CC(C)OCCN(C)c1cnc(CCl)cn1. The average molecular weight is 244 g/mol. The van der Waals surface area contributed by atoms with E-state index >= 15 is 0 Å². The van der Waals surface area contributed by atoms with Crippen molar-refractivity contribution in [3.63, 3.8) is 0 Å². The molecule has 1 aromatic heterocycles. The van der Waals surface area contributed by atoms with E-state index in [1.165, 1.54) is 0 Å². The van der Waals surface area contributed by atoms with Gasteiger partial charge in [-0.3, -0.25) is 4.98 Å². The first-order valence-corrected chi connectivity index (χ1v) is 5.86. The maximum absolute atomic E-state index is 5.64. The number of likely N-dealkylation sites (N-methyl/N-ethyl adjacent to an activating group) is 1. The topological polar surface area (TPSA) is 38.2 Å². The van der Waals surface area contributed by atoms with Crippen LogP contribution in [0.1, 0.15) is 19.5 Å². The first kappa shape index (κ1) is 13.2. The fourth-order valence-corrected chi connectivity index (χ4v) is 1.29. The zero-order valence-electron chi connectivity index (χ0n) is 9.98. The Morgan fingerprint density at radius 3 is 2.62 bits per heavy atom. The molecule has 0 N–H and O–H groups in total. The largest absolute Gasteiger partial charge is 0.377 e. The fraction of sp³-hybridized carbons (Fsp3) is 0.636. The molecule has 0 saturated carbocycles. The highest BCUT2D eigenvalue weighted by Crippen LogP contribution is 2.07. The molecule has 0 atom stereocenters. The standard InChI is InChI=1S/C11H18ClN3O/c1-9(2)16-5-4-15(3)11-8-13-10(6-12)7-14-11/h7-9H,4-6H2,1-3H3. The average Bonchev–Trinajstić information content (AvgIpc) is 2.28. The van der Waals surface area contributed by atoms with E-state index in [4.69, 9.17) is 16.3 Å². The molecule has 0 aliphatic rings. The Morgan fingerprint density at radius 1 is 1.38 bits per heavy atom. The monoisotopic (exact) mass is 243 g/mol. The molecule has 16 heavy (non-hydrogen) atoms. The molecule has 0 aliphatic heterocycles. The van der Waals surface area contributed by atoms with Gasteiger partial charge in [0.15, 0.2) is 0 Å². The lowest BCUT2D eigenvalue weighted by Crippen LogP contribution is -2.24. The van der Waals surface area contributed by atoms with E-state index in [2.05, 4.69) is 9.97 Å². The van der Waals surface area contributed by atoms with E-state index in [0.29, 0.717) is 12.5 Å². The zero-order chi connectivity index (χ0) is 12.0. The van der Waals surface area contributed by atoms with Crippen molar-refractivity contribution in [3.05, 3.63) is 18.1 Å². The van der Waals surface area contributed by atoms with E-state index in [1.54, 1.807) is 12.4 Å². The van der Waals surface area contributed by atoms with Crippen molar-refractivity contribution in [1.82, 2.24) is 9.97 Å². The van der Waals surface area contributed by atoms with Crippen molar-refractivity contribution in [2.24, 2.45) is 0 Å². The van der Waals surface area contributed by atoms with Crippen LogP contribution in [0.25, 0.3) is 0 Å². The van der Waals surface area contributed by atoms with E-state index in [0.717, 1.165) is 18.1 Å². The number of anilines is 1. The molecule has 90 valence electrons. The number of ether oxygens (including phenoxy) is 1. The van der Waals surface area contributed by atoms with Gasteiger partial charge in [-0.2, -0.15) is 0 Å². The minimum atomic E-state index is 0.262. The molecule has 0 amide bonds. The highest BCUT2D eigenvalue weighted by atomic mass is 35.5. The maximum Gasteiger partial charge on any atom is 0.146 e.